The first-order chi connectivity index (χ1) is 29.8. The van der Waals surface area contributed by atoms with E-state index in [0.29, 0.717) is 60.9 Å². The van der Waals surface area contributed by atoms with E-state index in [1.807, 2.05) is 80.6 Å². The van der Waals surface area contributed by atoms with Crippen LogP contribution in [-0.4, -0.2) is 85.8 Å². The van der Waals surface area contributed by atoms with Gasteiger partial charge in [0.15, 0.2) is 5.60 Å². The highest BCUT2D eigenvalue weighted by atomic mass is 35.5. The number of fused-ring (bicyclic) bond motifs is 4. The minimum Gasteiger partial charge on any atom is -0.494 e. The molecule has 0 bridgehead atoms. The summed E-state index contributed by atoms with van der Waals surface area (Å²) in [7, 11) is -3.58. The summed E-state index contributed by atoms with van der Waals surface area (Å²) >= 11 is 6.64. The molecule has 1 saturated heterocycles. The van der Waals surface area contributed by atoms with E-state index in [1.54, 1.807) is 46.0 Å². The monoisotopic (exact) mass is 882 g/mol. The molecule has 0 aliphatic carbocycles. The van der Waals surface area contributed by atoms with Crippen molar-refractivity contribution in [3.05, 3.63) is 118 Å². The van der Waals surface area contributed by atoms with E-state index >= 15 is 8.90 Å². The van der Waals surface area contributed by atoms with Gasteiger partial charge in [-0.2, -0.15) is 0 Å². The van der Waals surface area contributed by atoms with E-state index in [-0.39, 0.29) is 43.9 Å². The van der Waals surface area contributed by atoms with Crippen molar-refractivity contribution in [2.45, 2.75) is 101 Å². The van der Waals surface area contributed by atoms with E-state index < -0.39 is 43.7 Å². The van der Waals surface area contributed by atoms with Crippen molar-refractivity contribution in [2.75, 3.05) is 36.2 Å². The maximum atomic E-state index is 16.7. The summed E-state index contributed by atoms with van der Waals surface area (Å²) in [5, 5.41) is 23.4. The molecule has 0 radical (unpaired) electrons. The topological polar surface area (TPSA) is 132 Å². The molecule has 1 unspecified atom stereocenters. The number of amides is 3. The summed E-state index contributed by atoms with van der Waals surface area (Å²) in [5.41, 5.74) is 4.18. The van der Waals surface area contributed by atoms with Gasteiger partial charge in [0.05, 0.1) is 55.7 Å². The average molecular weight is 884 g/mol. The largest absolute Gasteiger partial charge is 0.494 e. The van der Waals surface area contributed by atoms with Gasteiger partial charge in [0.1, 0.15) is 5.75 Å². The van der Waals surface area contributed by atoms with E-state index in [9.17, 15) is 19.8 Å². The lowest BCUT2D eigenvalue weighted by Crippen LogP contribution is -2.49. The molecule has 4 aromatic rings. The molecule has 1 fully saturated rings. The first-order valence-corrected chi connectivity index (χ1v) is 25.1. The Morgan fingerprint density at radius 2 is 1.71 bits per heavy atom. The molecule has 4 aliphatic heterocycles. The van der Waals surface area contributed by atoms with Crippen molar-refractivity contribution in [2.24, 2.45) is 5.92 Å². The zero-order chi connectivity index (χ0) is 43.9. The Morgan fingerprint density at radius 3 is 2.42 bits per heavy atom. The number of unbranched alkanes of at least 4 members (excludes halogenated alkanes) is 1. The normalized spacial score (nSPS) is 24.4. The summed E-state index contributed by atoms with van der Waals surface area (Å²) in [6.07, 6.45) is 1.37. The van der Waals surface area contributed by atoms with Crippen LogP contribution in [0.4, 0.5) is 21.2 Å². The van der Waals surface area contributed by atoms with Crippen LogP contribution in [0.2, 0.25) is 23.7 Å². The zero-order valence-corrected chi connectivity index (χ0v) is 37.5. The van der Waals surface area contributed by atoms with Crippen molar-refractivity contribution in [1.29, 1.82) is 0 Å². The van der Waals surface area contributed by atoms with Crippen LogP contribution in [-0.2, 0) is 50.7 Å². The molecule has 62 heavy (non-hydrogen) atoms. The van der Waals surface area contributed by atoms with Crippen LogP contribution in [0.25, 0.3) is 0 Å². The molecular formula is C48H56ClFN4O7Si. The summed E-state index contributed by atoms with van der Waals surface area (Å²) < 4.78 is 29.4. The predicted octanol–water partition coefficient (Wildman–Crippen LogP) is 7.35. The quantitative estimate of drug-likeness (QED) is 0.0682. The number of hydrogen-bond acceptors (Lipinski definition) is 8. The van der Waals surface area contributed by atoms with Gasteiger partial charge in [-0.25, -0.2) is 0 Å². The number of hydrogen-bond donors (Lipinski definition) is 3. The molecule has 4 aliphatic rings. The van der Waals surface area contributed by atoms with E-state index in [4.69, 9.17) is 21.1 Å². The lowest BCUT2D eigenvalue weighted by molar-refractivity contribution is -0.151. The van der Waals surface area contributed by atoms with Crippen LogP contribution >= 0.6 is 11.6 Å². The predicted molar refractivity (Wildman–Crippen MR) is 240 cm³/mol. The molecule has 3 amide bonds. The summed E-state index contributed by atoms with van der Waals surface area (Å²) in [5.74, 6) is -0.580. The lowest BCUT2D eigenvalue weighted by Gasteiger charge is -2.37. The molecule has 3 N–H and O–H groups in total. The van der Waals surface area contributed by atoms with Crippen LogP contribution in [0.15, 0.2) is 84.9 Å². The number of benzene rings is 4. The second-order valence-electron chi connectivity index (χ2n) is 17.6. The molecule has 328 valence electrons. The van der Waals surface area contributed by atoms with Gasteiger partial charge in [0, 0.05) is 40.9 Å². The fourth-order valence-corrected chi connectivity index (χ4v) is 13.0. The van der Waals surface area contributed by atoms with Gasteiger partial charge in [0.2, 0.25) is 20.2 Å². The molecular weight excluding hydrogens is 827 g/mol. The van der Waals surface area contributed by atoms with Gasteiger partial charge in [-0.3, -0.25) is 19.3 Å². The molecule has 6 atom stereocenters. The van der Waals surface area contributed by atoms with Gasteiger partial charge in [-0.1, -0.05) is 54.9 Å². The molecule has 4 heterocycles. The number of aliphatic hydroxyl groups is 2. The van der Waals surface area contributed by atoms with Crippen molar-refractivity contribution >= 4 is 54.8 Å². The Kier molecular flexibility index (Phi) is 12.7. The third-order valence-electron chi connectivity index (χ3n) is 13.2. The number of anilines is 3. The van der Waals surface area contributed by atoms with Gasteiger partial charge in [-0.05, 0) is 123 Å². The summed E-state index contributed by atoms with van der Waals surface area (Å²) in [4.78, 5) is 48.5. The number of rotatable bonds is 14. The number of nitrogens with one attached hydrogen (secondary N) is 1. The van der Waals surface area contributed by atoms with Gasteiger partial charge < -0.3 is 38.9 Å². The molecule has 8 rings (SSSR count). The number of nitrogens with zero attached hydrogens (tertiary/aromatic N) is 3. The minimum absolute atomic E-state index is 0.0906. The first-order valence-electron chi connectivity index (χ1n) is 21.8. The van der Waals surface area contributed by atoms with Crippen LogP contribution < -0.4 is 19.9 Å². The van der Waals surface area contributed by atoms with Crippen molar-refractivity contribution in [3.63, 3.8) is 0 Å². The minimum atomic E-state index is -3.58. The Morgan fingerprint density at radius 1 is 0.968 bits per heavy atom. The maximum absolute atomic E-state index is 16.7. The number of ether oxygens (including phenoxy) is 2. The maximum Gasteiger partial charge on any atom is 0.264 e. The Bertz CT molecular complexity index is 2330. The van der Waals surface area contributed by atoms with Crippen molar-refractivity contribution in [3.8, 4) is 5.75 Å². The summed E-state index contributed by atoms with van der Waals surface area (Å²) in [6.45, 7) is 8.49. The molecule has 1 spiro atoms. The highest BCUT2D eigenvalue weighted by molar-refractivity contribution is 6.72. The number of carbonyl (C=O) groups is 3. The van der Waals surface area contributed by atoms with Crippen LogP contribution in [0.3, 0.4) is 0 Å². The number of aliphatic hydroxyl groups excluding tert-OH is 2. The molecule has 14 heteroatoms. The van der Waals surface area contributed by atoms with E-state index in [1.165, 1.54) is 0 Å². The lowest BCUT2D eigenvalue weighted by atomic mass is 9.82. The zero-order valence-electron chi connectivity index (χ0n) is 35.8. The standard InChI is InChI=1S/C48H56ClFN4O7Si/c1-5-60-38-17-19-41-34(23-38)24-40(51-20-8-9-21-55)46(58)54(41)36-15-12-31(13-16-36)27-53-42-18-14-35(49)25-39(42)48(47(53)59)30(2)45(62(3,4)50)43(61-48)26-44(57)52-28-33-11-7-6-10-32(33)22-37(52)29-56/h6-7,10-19,23,25,30,37,40,43,45,51,55-56H,5,8-9,20-22,24,26-29H2,1-4H3/t30-,37-,40?,43+,45-,48+/m0/s1. The SMILES string of the molecule is CCOc1ccc2c(c1)CC(NCCCCO)C(=O)N2c1ccc(CN2C(=O)[C@]3(O[C@H](CC(=O)N4Cc5ccccc5C[C@H]4CO)[C@@H]([Si](C)(C)F)[C@@H]3C)c3cc(Cl)ccc32)cc1. The summed E-state index contributed by atoms with van der Waals surface area (Å²) in [6, 6.07) is 25.5. The average Bonchev–Trinajstić information content (AvgIpc) is 3.67. The van der Waals surface area contributed by atoms with Crippen LogP contribution in [0.1, 0.15) is 60.9 Å². The van der Waals surface area contributed by atoms with Gasteiger partial charge >= 0.3 is 0 Å². The Balaban J connectivity index is 1.07. The molecule has 11 nitrogen and oxygen atoms in total. The Labute approximate surface area is 368 Å². The third kappa shape index (κ3) is 8.07. The smallest absolute Gasteiger partial charge is 0.264 e. The molecule has 0 saturated carbocycles. The van der Waals surface area contributed by atoms with Crippen LogP contribution in [0.5, 0.6) is 5.75 Å². The molecule has 0 aromatic heterocycles. The highest BCUT2D eigenvalue weighted by Gasteiger charge is 2.67. The van der Waals surface area contributed by atoms with E-state index in [0.717, 1.165) is 40.1 Å². The van der Waals surface area contributed by atoms with Crippen molar-refractivity contribution < 1.29 is 38.2 Å². The van der Waals surface area contributed by atoms with Crippen LogP contribution in [0, 0.1) is 5.92 Å². The highest BCUT2D eigenvalue weighted by Crippen LogP contribution is 2.60. The fraction of sp³-hybridized carbons (Fsp3) is 0.438. The number of halogens is 2. The second-order valence-corrected chi connectivity index (χ2v) is 21.8. The number of carbonyl (C=O) groups excluding carboxylic acids is 3. The first kappa shape index (κ1) is 44.0. The van der Waals surface area contributed by atoms with Gasteiger partial charge in [0.25, 0.3) is 5.91 Å². The van der Waals surface area contributed by atoms with E-state index in [2.05, 4.69) is 5.32 Å². The second kappa shape index (κ2) is 17.9. The van der Waals surface area contributed by atoms with Crippen molar-refractivity contribution in [1.82, 2.24) is 10.2 Å². The molecule has 4 aromatic carbocycles. The van der Waals surface area contributed by atoms with Gasteiger partial charge in [-0.15, -0.1) is 0 Å². The fourth-order valence-electron chi connectivity index (χ4n) is 10.4. The Hall–Kier alpha value is -4.63. The third-order valence-corrected chi connectivity index (χ3v) is 15.9.